The molecule has 0 aliphatic heterocycles. The number of ether oxygens (including phenoxy) is 1. The lowest BCUT2D eigenvalue weighted by Gasteiger charge is -2.30. The molecule has 4 aromatic rings. The third-order valence-electron chi connectivity index (χ3n) is 6.38. The van der Waals surface area contributed by atoms with Crippen LogP contribution in [0.3, 0.4) is 0 Å². The number of hydrogen-bond donors (Lipinski definition) is 2. The average molecular weight is 483 g/mol. The van der Waals surface area contributed by atoms with E-state index in [0.717, 1.165) is 42.4 Å². The second-order valence-corrected chi connectivity index (χ2v) is 9.22. The first-order valence-corrected chi connectivity index (χ1v) is 12.3. The number of pyridine rings is 1. The smallest absolute Gasteiger partial charge is 0.257 e. The Kier molecular flexibility index (Phi) is 6.93. The van der Waals surface area contributed by atoms with E-state index >= 15 is 0 Å². The molecule has 1 aliphatic rings. The number of nitrogens with zero attached hydrogens (tertiary/aromatic N) is 4. The van der Waals surface area contributed by atoms with Gasteiger partial charge in [0.2, 0.25) is 11.8 Å². The number of anilines is 2. The lowest BCUT2D eigenvalue weighted by atomic mass is 9.91. The number of para-hydroxylation sites is 2. The Hall–Kier alpha value is -4.20. The predicted molar refractivity (Wildman–Crippen MR) is 142 cm³/mol. The molecule has 0 saturated heterocycles. The van der Waals surface area contributed by atoms with E-state index in [4.69, 9.17) is 14.7 Å². The Morgan fingerprint density at radius 1 is 0.889 bits per heavy atom. The van der Waals surface area contributed by atoms with Crippen LogP contribution in [0.5, 0.6) is 11.6 Å². The quantitative estimate of drug-likeness (QED) is 0.381. The number of fused-ring (bicyclic) bond motifs is 1. The average Bonchev–Trinajstić information content (AvgIpc) is 2.90. The van der Waals surface area contributed by atoms with Crippen LogP contribution in [-0.2, 0) is 0 Å². The number of hydrogen-bond acceptors (Lipinski definition) is 7. The van der Waals surface area contributed by atoms with Crippen LogP contribution >= 0.6 is 0 Å². The minimum atomic E-state index is -0.168. The zero-order valence-electron chi connectivity index (χ0n) is 20.5. The van der Waals surface area contributed by atoms with Crippen molar-refractivity contribution in [3.8, 4) is 11.6 Å². The number of rotatable bonds is 7. The van der Waals surface area contributed by atoms with Gasteiger partial charge >= 0.3 is 0 Å². The van der Waals surface area contributed by atoms with Crippen LogP contribution in [0.25, 0.3) is 10.9 Å². The normalized spacial score (nSPS) is 17.4. The van der Waals surface area contributed by atoms with E-state index in [1.165, 1.54) is 0 Å². The van der Waals surface area contributed by atoms with Crippen molar-refractivity contribution in [2.45, 2.75) is 37.8 Å². The van der Waals surface area contributed by atoms with E-state index in [0.29, 0.717) is 23.1 Å². The van der Waals surface area contributed by atoms with Gasteiger partial charge in [0.05, 0.1) is 5.52 Å². The molecule has 1 saturated carbocycles. The van der Waals surface area contributed by atoms with Crippen LogP contribution in [0.4, 0.5) is 11.8 Å². The van der Waals surface area contributed by atoms with Gasteiger partial charge in [-0.15, -0.1) is 0 Å². The van der Waals surface area contributed by atoms with Crippen LogP contribution in [0.2, 0.25) is 0 Å². The molecule has 36 heavy (non-hydrogen) atoms. The number of aromatic nitrogens is 3. The monoisotopic (exact) mass is 482 g/mol. The van der Waals surface area contributed by atoms with Gasteiger partial charge in [-0.2, -0.15) is 4.98 Å². The van der Waals surface area contributed by atoms with Crippen LogP contribution in [0.15, 0.2) is 72.9 Å². The van der Waals surface area contributed by atoms with Crippen molar-refractivity contribution in [3.63, 3.8) is 0 Å². The topological polar surface area (TPSA) is 92.3 Å². The van der Waals surface area contributed by atoms with Crippen LogP contribution in [0, 0.1) is 0 Å². The minimum Gasteiger partial charge on any atom is -0.438 e. The van der Waals surface area contributed by atoms with Crippen molar-refractivity contribution in [1.82, 2.24) is 20.3 Å². The highest BCUT2D eigenvalue weighted by Gasteiger charge is 2.25. The molecule has 1 fully saturated rings. The molecule has 0 radical (unpaired) electrons. The highest BCUT2D eigenvalue weighted by molar-refractivity contribution is 5.96. The minimum absolute atomic E-state index is 0.0928. The summed E-state index contributed by atoms with van der Waals surface area (Å²) in [5.74, 6) is 2.32. The van der Waals surface area contributed by atoms with E-state index < -0.39 is 0 Å². The maximum atomic E-state index is 13.1. The van der Waals surface area contributed by atoms with Gasteiger partial charge < -0.3 is 20.3 Å². The van der Waals surface area contributed by atoms with Gasteiger partial charge in [0.1, 0.15) is 17.1 Å². The summed E-state index contributed by atoms with van der Waals surface area (Å²) in [4.78, 5) is 28.8. The molecule has 2 N–H and O–H groups in total. The summed E-state index contributed by atoms with van der Waals surface area (Å²) < 4.78 is 5.86. The highest BCUT2D eigenvalue weighted by Crippen LogP contribution is 2.27. The number of carbonyl (C=O) groups excluding carboxylic acids is 1. The molecule has 2 aromatic heterocycles. The summed E-state index contributed by atoms with van der Waals surface area (Å²) in [5.41, 5.74) is 1.35. The fourth-order valence-corrected chi connectivity index (χ4v) is 4.54. The van der Waals surface area contributed by atoms with Crippen LogP contribution < -0.4 is 20.3 Å². The van der Waals surface area contributed by atoms with E-state index in [-0.39, 0.29) is 18.0 Å². The van der Waals surface area contributed by atoms with Crippen molar-refractivity contribution in [2.24, 2.45) is 0 Å². The Morgan fingerprint density at radius 2 is 1.61 bits per heavy atom. The van der Waals surface area contributed by atoms with E-state index in [2.05, 4.69) is 15.6 Å². The standard InChI is InChI=1S/C28H30N6O2/c1-34(2)25-22-11-6-7-13-24(22)32-28(33-25)31-20-16-14-19(15-17-20)30-26(35)23-12-8-18-29-27(23)36-21-9-4-3-5-10-21/h3-13,18-20H,14-17H2,1-2H3,(H,30,35)(H,31,32,33)/t19-,20+. The second kappa shape index (κ2) is 10.6. The third kappa shape index (κ3) is 5.38. The Balaban J connectivity index is 1.20. The molecular formula is C28H30N6O2. The molecule has 184 valence electrons. The number of amides is 1. The summed E-state index contributed by atoms with van der Waals surface area (Å²) in [7, 11) is 3.98. The molecule has 1 aliphatic carbocycles. The maximum Gasteiger partial charge on any atom is 0.257 e. The van der Waals surface area contributed by atoms with Crippen molar-refractivity contribution in [1.29, 1.82) is 0 Å². The van der Waals surface area contributed by atoms with E-state index in [1.54, 1.807) is 18.3 Å². The Bertz CT molecular complexity index is 1340. The zero-order chi connectivity index (χ0) is 24.9. The molecule has 2 aromatic carbocycles. The van der Waals surface area contributed by atoms with Crippen molar-refractivity contribution < 1.29 is 9.53 Å². The van der Waals surface area contributed by atoms with Crippen molar-refractivity contribution in [3.05, 3.63) is 78.5 Å². The summed E-state index contributed by atoms with van der Waals surface area (Å²) in [6, 6.07) is 21.2. The molecule has 0 spiro atoms. The molecule has 0 unspecified atom stereocenters. The van der Waals surface area contributed by atoms with Gasteiger partial charge in [-0.3, -0.25) is 4.79 Å². The maximum absolute atomic E-state index is 13.1. The SMILES string of the molecule is CN(C)c1nc(N[C@H]2CC[C@@H](NC(=O)c3cccnc3Oc3ccccc3)CC2)nc2ccccc12. The number of carbonyl (C=O) groups is 1. The molecule has 1 amide bonds. The largest absolute Gasteiger partial charge is 0.438 e. The first kappa shape index (κ1) is 23.5. The third-order valence-corrected chi connectivity index (χ3v) is 6.38. The fourth-order valence-electron chi connectivity index (χ4n) is 4.54. The van der Waals surface area contributed by atoms with Gasteiger partial charge in [-0.25, -0.2) is 9.97 Å². The lowest BCUT2D eigenvalue weighted by Crippen LogP contribution is -2.40. The molecule has 8 nitrogen and oxygen atoms in total. The molecule has 2 heterocycles. The van der Waals surface area contributed by atoms with Gasteiger partial charge in [0.15, 0.2) is 0 Å². The Labute approximate surface area is 210 Å². The molecular weight excluding hydrogens is 452 g/mol. The summed E-state index contributed by atoms with van der Waals surface area (Å²) in [5, 5.41) is 7.72. The van der Waals surface area contributed by atoms with E-state index in [1.807, 2.05) is 73.6 Å². The van der Waals surface area contributed by atoms with Gasteiger partial charge in [0, 0.05) is 37.8 Å². The molecule has 5 rings (SSSR count). The van der Waals surface area contributed by atoms with E-state index in [9.17, 15) is 4.79 Å². The Morgan fingerprint density at radius 3 is 2.39 bits per heavy atom. The first-order chi connectivity index (χ1) is 17.6. The molecule has 8 heteroatoms. The van der Waals surface area contributed by atoms with Crippen molar-refractivity contribution >= 4 is 28.6 Å². The lowest BCUT2D eigenvalue weighted by molar-refractivity contribution is 0.0923. The van der Waals surface area contributed by atoms with Crippen LogP contribution in [0.1, 0.15) is 36.0 Å². The van der Waals surface area contributed by atoms with Gasteiger partial charge in [-0.1, -0.05) is 30.3 Å². The van der Waals surface area contributed by atoms with Gasteiger partial charge in [0.25, 0.3) is 5.91 Å². The van der Waals surface area contributed by atoms with Gasteiger partial charge in [-0.05, 0) is 62.1 Å². The summed E-state index contributed by atoms with van der Waals surface area (Å²) >= 11 is 0. The first-order valence-electron chi connectivity index (χ1n) is 12.3. The summed E-state index contributed by atoms with van der Waals surface area (Å²) in [6.07, 6.45) is 5.19. The number of nitrogens with one attached hydrogen (secondary N) is 2. The molecule has 0 atom stereocenters. The van der Waals surface area contributed by atoms with Crippen LogP contribution in [-0.4, -0.2) is 47.0 Å². The molecule has 0 bridgehead atoms. The summed E-state index contributed by atoms with van der Waals surface area (Å²) in [6.45, 7) is 0. The zero-order valence-corrected chi connectivity index (χ0v) is 20.5. The van der Waals surface area contributed by atoms with Crippen molar-refractivity contribution in [2.75, 3.05) is 24.3 Å². The second-order valence-electron chi connectivity index (χ2n) is 9.22. The predicted octanol–water partition coefficient (Wildman–Crippen LogP) is 5.04. The number of benzene rings is 2. The fraction of sp³-hybridized carbons (Fsp3) is 0.286. The highest BCUT2D eigenvalue weighted by atomic mass is 16.5.